The first-order chi connectivity index (χ1) is 9.06. The normalized spacial score (nSPS) is 19.0. The summed E-state index contributed by atoms with van der Waals surface area (Å²) < 4.78 is 5.40. The van der Waals surface area contributed by atoms with Gasteiger partial charge in [-0.1, -0.05) is 29.9 Å². The van der Waals surface area contributed by atoms with Crippen molar-refractivity contribution >= 4 is 28.9 Å². The van der Waals surface area contributed by atoms with E-state index >= 15 is 0 Å². The summed E-state index contributed by atoms with van der Waals surface area (Å²) >= 11 is 4.89. The molecule has 0 aromatic heterocycles. The Morgan fingerprint density at radius 3 is 2.79 bits per heavy atom. The Hall–Kier alpha value is -1.66. The van der Waals surface area contributed by atoms with Crippen molar-refractivity contribution in [3.8, 4) is 0 Å². The second-order valence-electron chi connectivity index (χ2n) is 4.50. The molecule has 0 radical (unpaired) electrons. The maximum atomic E-state index is 12.1. The van der Waals surface area contributed by atoms with E-state index in [0.717, 1.165) is 11.3 Å². The van der Waals surface area contributed by atoms with Crippen molar-refractivity contribution in [2.45, 2.75) is 13.0 Å². The molecule has 1 fully saturated rings. The number of thiocarbonyl (C=S) groups is 1. The van der Waals surface area contributed by atoms with E-state index in [1.54, 1.807) is 4.90 Å². The molecule has 5 nitrogen and oxygen atoms in total. The van der Waals surface area contributed by atoms with Crippen LogP contribution < -0.4 is 11.1 Å². The van der Waals surface area contributed by atoms with Crippen molar-refractivity contribution in [1.29, 1.82) is 0 Å². The van der Waals surface area contributed by atoms with Gasteiger partial charge in [-0.15, -0.1) is 0 Å². The SMILES string of the molecule is Cc1ccc(NC(=O)N2CCOC(C(N)=S)C2)cc1. The predicted molar refractivity (Wildman–Crippen MR) is 78.3 cm³/mol. The monoisotopic (exact) mass is 279 g/mol. The van der Waals surface area contributed by atoms with Gasteiger partial charge in [0.25, 0.3) is 0 Å². The molecular weight excluding hydrogens is 262 g/mol. The number of urea groups is 1. The highest BCUT2D eigenvalue weighted by atomic mass is 32.1. The summed E-state index contributed by atoms with van der Waals surface area (Å²) in [6, 6.07) is 7.49. The summed E-state index contributed by atoms with van der Waals surface area (Å²) in [7, 11) is 0. The van der Waals surface area contributed by atoms with Crippen LogP contribution in [0.1, 0.15) is 5.56 Å². The van der Waals surface area contributed by atoms with Gasteiger partial charge in [-0.25, -0.2) is 4.79 Å². The molecule has 102 valence electrons. The number of nitrogens with two attached hydrogens (primary N) is 1. The third-order valence-electron chi connectivity index (χ3n) is 2.97. The quantitative estimate of drug-likeness (QED) is 0.805. The second kappa shape index (κ2) is 5.99. The molecule has 1 aromatic rings. The number of aryl methyl sites for hydroxylation is 1. The number of nitrogens with zero attached hydrogens (tertiary/aromatic N) is 1. The van der Waals surface area contributed by atoms with E-state index in [0.29, 0.717) is 19.7 Å². The zero-order valence-corrected chi connectivity index (χ0v) is 11.6. The van der Waals surface area contributed by atoms with Gasteiger partial charge in [0.05, 0.1) is 13.2 Å². The Bertz CT molecular complexity index is 475. The minimum absolute atomic E-state index is 0.159. The molecule has 1 saturated heterocycles. The summed E-state index contributed by atoms with van der Waals surface area (Å²) in [6.07, 6.45) is -0.354. The fourth-order valence-corrected chi connectivity index (χ4v) is 1.99. The smallest absolute Gasteiger partial charge is 0.322 e. The third-order valence-corrected chi connectivity index (χ3v) is 3.24. The molecule has 0 spiro atoms. The van der Waals surface area contributed by atoms with Gasteiger partial charge in [-0.3, -0.25) is 0 Å². The van der Waals surface area contributed by atoms with Crippen LogP contribution in [-0.4, -0.2) is 41.7 Å². The van der Waals surface area contributed by atoms with E-state index in [1.165, 1.54) is 0 Å². The average molecular weight is 279 g/mol. The lowest BCUT2D eigenvalue weighted by atomic mass is 10.2. The molecule has 1 atom stereocenters. The van der Waals surface area contributed by atoms with Crippen LogP contribution in [0, 0.1) is 6.92 Å². The number of carbonyl (C=O) groups is 1. The molecule has 19 heavy (non-hydrogen) atoms. The van der Waals surface area contributed by atoms with Gasteiger partial charge in [0.1, 0.15) is 11.1 Å². The number of hydrogen-bond donors (Lipinski definition) is 2. The summed E-state index contributed by atoms with van der Waals surface area (Å²) in [5.74, 6) is 0. The number of rotatable bonds is 2. The fourth-order valence-electron chi connectivity index (χ4n) is 1.85. The standard InChI is InChI=1S/C13H17N3O2S/c1-9-2-4-10(5-3-9)15-13(17)16-6-7-18-11(8-16)12(14)19/h2-5,11H,6-8H2,1H3,(H2,14,19)(H,15,17). The minimum Gasteiger partial charge on any atom is -0.391 e. The van der Waals surface area contributed by atoms with Crippen LogP contribution in [-0.2, 0) is 4.74 Å². The summed E-state index contributed by atoms with van der Waals surface area (Å²) in [4.78, 5) is 14.0. The van der Waals surface area contributed by atoms with Gasteiger partial charge in [-0.05, 0) is 19.1 Å². The molecule has 1 aliphatic heterocycles. The van der Waals surface area contributed by atoms with E-state index < -0.39 is 0 Å². The van der Waals surface area contributed by atoms with Gasteiger partial charge in [0.15, 0.2) is 0 Å². The van der Waals surface area contributed by atoms with E-state index in [-0.39, 0.29) is 17.1 Å². The van der Waals surface area contributed by atoms with E-state index in [9.17, 15) is 4.79 Å². The van der Waals surface area contributed by atoms with Crippen molar-refractivity contribution in [1.82, 2.24) is 4.90 Å². The topological polar surface area (TPSA) is 67.6 Å². The number of carbonyl (C=O) groups excluding carboxylic acids is 1. The number of nitrogens with one attached hydrogen (secondary N) is 1. The van der Waals surface area contributed by atoms with Crippen LogP contribution >= 0.6 is 12.2 Å². The third kappa shape index (κ3) is 3.65. The summed E-state index contributed by atoms with van der Waals surface area (Å²) in [6.45, 7) is 3.38. The number of morpholine rings is 1. The van der Waals surface area contributed by atoms with Crippen LogP contribution in [0.3, 0.4) is 0 Å². The first-order valence-corrected chi connectivity index (χ1v) is 6.50. The van der Waals surface area contributed by atoms with Crippen LogP contribution in [0.2, 0.25) is 0 Å². The summed E-state index contributed by atoms with van der Waals surface area (Å²) in [5, 5.41) is 2.85. The maximum absolute atomic E-state index is 12.1. The molecule has 0 bridgehead atoms. The lowest BCUT2D eigenvalue weighted by Crippen LogP contribution is -2.51. The summed E-state index contributed by atoms with van der Waals surface area (Å²) in [5.41, 5.74) is 7.47. The maximum Gasteiger partial charge on any atom is 0.322 e. The largest absolute Gasteiger partial charge is 0.391 e. The Morgan fingerprint density at radius 2 is 2.16 bits per heavy atom. The molecule has 2 rings (SSSR count). The molecule has 6 heteroatoms. The van der Waals surface area contributed by atoms with Gasteiger partial charge in [-0.2, -0.15) is 0 Å². The van der Waals surface area contributed by atoms with Gasteiger partial charge >= 0.3 is 6.03 Å². The lowest BCUT2D eigenvalue weighted by Gasteiger charge is -2.32. The predicted octanol–water partition coefficient (Wildman–Crippen LogP) is 1.51. The van der Waals surface area contributed by atoms with Crippen molar-refractivity contribution in [3.63, 3.8) is 0 Å². The van der Waals surface area contributed by atoms with Crippen LogP contribution in [0.5, 0.6) is 0 Å². The zero-order valence-electron chi connectivity index (χ0n) is 10.8. The number of amides is 2. The van der Waals surface area contributed by atoms with Crippen molar-refractivity contribution in [3.05, 3.63) is 29.8 Å². The molecule has 1 heterocycles. The van der Waals surface area contributed by atoms with Gasteiger partial charge in [0, 0.05) is 12.2 Å². The number of hydrogen-bond acceptors (Lipinski definition) is 3. The molecule has 3 N–H and O–H groups in total. The molecule has 1 aliphatic rings. The molecule has 0 aliphatic carbocycles. The minimum atomic E-state index is -0.354. The Morgan fingerprint density at radius 1 is 1.47 bits per heavy atom. The Labute approximate surface area is 117 Å². The van der Waals surface area contributed by atoms with Crippen molar-refractivity contribution < 1.29 is 9.53 Å². The average Bonchev–Trinajstić information content (AvgIpc) is 2.41. The van der Waals surface area contributed by atoms with E-state index in [2.05, 4.69) is 5.32 Å². The first kappa shape index (κ1) is 13.8. The zero-order chi connectivity index (χ0) is 13.8. The second-order valence-corrected chi connectivity index (χ2v) is 4.98. The highest BCUT2D eigenvalue weighted by molar-refractivity contribution is 7.80. The Balaban J connectivity index is 1.96. The van der Waals surface area contributed by atoms with Gasteiger partial charge < -0.3 is 20.7 Å². The van der Waals surface area contributed by atoms with Crippen molar-refractivity contribution in [2.75, 3.05) is 25.0 Å². The van der Waals surface area contributed by atoms with E-state index in [1.807, 2.05) is 31.2 Å². The van der Waals surface area contributed by atoms with Crippen LogP contribution in [0.25, 0.3) is 0 Å². The number of ether oxygens (including phenoxy) is 1. The molecular formula is C13H17N3O2S. The lowest BCUT2D eigenvalue weighted by molar-refractivity contribution is 0.0251. The van der Waals surface area contributed by atoms with Crippen LogP contribution in [0.4, 0.5) is 10.5 Å². The van der Waals surface area contributed by atoms with Crippen molar-refractivity contribution in [2.24, 2.45) is 5.73 Å². The number of anilines is 1. The number of benzene rings is 1. The fraction of sp³-hybridized carbons (Fsp3) is 0.385. The van der Waals surface area contributed by atoms with Gasteiger partial charge in [0.2, 0.25) is 0 Å². The highest BCUT2D eigenvalue weighted by Gasteiger charge is 2.25. The highest BCUT2D eigenvalue weighted by Crippen LogP contribution is 2.12. The molecule has 1 unspecified atom stereocenters. The molecule has 1 aromatic carbocycles. The molecule has 2 amide bonds. The van der Waals surface area contributed by atoms with E-state index in [4.69, 9.17) is 22.7 Å². The Kier molecular flexibility index (Phi) is 4.34. The van der Waals surface area contributed by atoms with Crippen LogP contribution in [0.15, 0.2) is 24.3 Å². The molecule has 0 saturated carbocycles. The first-order valence-electron chi connectivity index (χ1n) is 6.10.